The van der Waals surface area contributed by atoms with Crippen molar-refractivity contribution in [1.29, 1.82) is 0 Å². The zero-order valence-corrected chi connectivity index (χ0v) is 26.2. The highest BCUT2D eigenvalue weighted by Gasteiger charge is 2.40. The molecule has 224 valence electrons. The number of nitrogens with one attached hydrogen (secondary N) is 2. The summed E-state index contributed by atoms with van der Waals surface area (Å²) < 4.78 is 40.4. The predicted molar refractivity (Wildman–Crippen MR) is 173 cm³/mol. The maximum Gasteiger partial charge on any atom is 0.416 e. The van der Waals surface area contributed by atoms with E-state index in [2.05, 4.69) is 69.5 Å². The number of carbonyl (C=O) groups is 2. The number of carbonyl (C=O) groups excluding carboxylic acids is 2. The smallest absolute Gasteiger partial charge is 0.301 e. The van der Waals surface area contributed by atoms with Gasteiger partial charge in [-0.25, -0.2) is 0 Å². The lowest BCUT2D eigenvalue weighted by atomic mass is 9.74. The number of thiocarbonyl (C=S) groups is 1. The number of hydrogen-bond donors (Lipinski definition) is 2. The quantitative estimate of drug-likeness (QED) is 0.136. The number of hydrogen-bond acceptors (Lipinski definition) is 5. The van der Waals surface area contributed by atoms with Gasteiger partial charge in [-0.05, 0) is 115 Å². The molecule has 0 unspecified atom stereocenters. The van der Waals surface area contributed by atoms with Crippen molar-refractivity contribution in [2.24, 2.45) is 0 Å². The van der Waals surface area contributed by atoms with Gasteiger partial charge in [-0.1, -0.05) is 37.6 Å². The van der Waals surface area contributed by atoms with E-state index in [1.54, 1.807) is 0 Å². The summed E-state index contributed by atoms with van der Waals surface area (Å²) in [6.45, 7) is 10.5. The highest BCUT2D eigenvalue weighted by atomic mass is 32.1. The number of nitrogens with zero attached hydrogens (tertiary/aromatic N) is 1. The Hall–Kier alpha value is -4.28. The van der Waals surface area contributed by atoms with Gasteiger partial charge in [0.05, 0.1) is 11.3 Å². The monoisotopic (exact) mass is 631 g/mol. The van der Waals surface area contributed by atoms with E-state index in [1.807, 2.05) is 17.0 Å². The van der Waals surface area contributed by atoms with Gasteiger partial charge in [0.25, 0.3) is 11.8 Å². The predicted octanol–water partition coefficient (Wildman–Crippen LogP) is 8.38. The van der Waals surface area contributed by atoms with Crippen LogP contribution in [0.25, 0.3) is 17.2 Å². The summed E-state index contributed by atoms with van der Waals surface area (Å²) in [5.41, 5.74) is 7.66. The molecule has 6 rings (SSSR count). The fourth-order valence-corrected chi connectivity index (χ4v) is 7.65. The molecule has 1 aromatic heterocycles. The van der Waals surface area contributed by atoms with Crippen molar-refractivity contribution in [1.82, 2.24) is 10.6 Å². The third-order valence-electron chi connectivity index (χ3n) is 8.17. The lowest BCUT2D eigenvalue weighted by Gasteiger charge is -2.40. The van der Waals surface area contributed by atoms with E-state index >= 15 is 0 Å². The average molecular weight is 632 g/mol. The average Bonchev–Trinajstić information content (AvgIpc) is 3.35. The van der Waals surface area contributed by atoms with Crippen molar-refractivity contribution >= 4 is 62.9 Å². The summed E-state index contributed by atoms with van der Waals surface area (Å²) in [6, 6.07) is 17.6. The summed E-state index contributed by atoms with van der Waals surface area (Å²) in [6.07, 6.45) is -2.94. The summed E-state index contributed by atoms with van der Waals surface area (Å²) in [5, 5.41) is 5.64. The number of benzene rings is 3. The van der Waals surface area contributed by atoms with Crippen LogP contribution in [0, 0.1) is 20.8 Å². The van der Waals surface area contributed by atoms with E-state index in [0.29, 0.717) is 10.6 Å². The largest absolute Gasteiger partial charge is 0.416 e. The van der Waals surface area contributed by atoms with Crippen LogP contribution in [0.4, 0.5) is 29.5 Å². The molecule has 0 atom stereocenters. The zero-order chi connectivity index (χ0) is 31.7. The van der Waals surface area contributed by atoms with Crippen LogP contribution in [0.15, 0.2) is 66.2 Å². The molecule has 2 aliphatic heterocycles. The van der Waals surface area contributed by atoms with Crippen LogP contribution in [0.1, 0.15) is 52.1 Å². The Kier molecular flexibility index (Phi) is 7.05. The van der Waals surface area contributed by atoms with Crippen LogP contribution < -0.4 is 15.5 Å². The Labute approximate surface area is 262 Å². The highest BCUT2D eigenvalue weighted by molar-refractivity contribution is 7.80. The second kappa shape index (κ2) is 10.4. The molecule has 10 heteroatoms. The molecule has 1 saturated heterocycles. The Bertz CT molecular complexity index is 1880. The Morgan fingerprint density at radius 3 is 2.07 bits per heavy atom. The Morgan fingerprint density at radius 1 is 0.864 bits per heavy atom. The number of aryl methyl sites for hydroxylation is 3. The molecular formula is C34H28F3N3O2S2. The fraction of sp³-hybridized carbons (Fsp3) is 0.206. The fourth-order valence-electron chi connectivity index (χ4n) is 6.17. The number of alkyl halides is 3. The summed E-state index contributed by atoms with van der Waals surface area (Å²) in [7, 11) is 0. The lowest BCUT2D eigenvalue weighted by molar-refractivity contribution is -0.137. The van der Waals surface area contributed by atoms with Gasteiger partial charge in [0.15, 0.2) is 5.11 Å². The Balaban J connectivity index is 1.55. The molecule has 5 nitrogen and oxygen atoms in total. The van der Waals surface area contributed by atoms with E-state index in [0.717, 1.165) is 56.2 Å². The molecule has 2 aliphatic rings. The first-order valence-corrected chi connectivity index (χ1v) is 15.1. The second-order valence-electron chi connectivity index (χ2n) is 11.7. The summed E-state index contributed by atoms with van der Waals surface area (Å²) >= 11 is 6.28. The molecule has 0 aliphatic carbocycles. The number of halogens is 3. The zero-order valence-electron chi connectivity index (χ0n) is 24.6. The standard InChI is InChI=1S/C34H28F3N3O2S2/c1-17-12-18(2)28(19(3)13-17)20-6-11-27-25(14-20)33(4,5)26-16-23(15-24-29(41)38-32(43)39-30(24)42)44-31(26)40(27)22-9-7-21(8-10-22)34(35,36)37/h6-16H,1-5H3,(H2,38,39,41,42,43). The van der Waals surface area contributed by atoms with E-state index in [9.17, 15) is 22.8 Å². The topological polar surface area (TPSA) is 61.4 Å². The normalized spacial score (nSPS) is 15.9. The molecule has 2 N–H and O–H groups in total. The maximum atomic E-state index is 13.5. The molecule has 4 aromatic rings. The molecule has 2 amide bonds. The first-order chi connectivity index (χ1) is 20.6. The third-order valence-corrected chi connectivity index (χ3v) is 9.44. The lowest BCUT2D eigenvalue weighted by Crippen LogP contribution is -2.51. The van der Waals surface area contributed by atoms with Crippen LogP contribution >= 0.6 is 23.6 Å². The minimum Gasteiger partial charge on any atom is -0.301 e. The molecule has 0 radical (unpaired) electrons. The molecule has 0 spiro atoms. The molecular weight excluding hydrogens is 604 g/mol. The molecule has 3 aromatic carbocycles. The van der Waals surface area contributed by atoms with Gasteiger partial charge >= 0.3 is 6.18 Å². The summed E-state index contributed by atoms with van der Waals surface area (Å²) in [4.78, 5) is 27.8. The highest BCUT2D eigenvalue weighted by Crippen LogP contribution is 2.56. The van der Waals surface area contributed by atoms with Crippen molar-refractivity contribution in [3.8, 4) is 11.1 Å². The maximum absolute atomic E-state index is 13.5. The first-order valence-electron chi connectivity index (χ1n) is 13.9. The number of thiophene rings is 1. The Morgan fingerprint density at radius 2 is 1.48 bits per heavy atom. The molecule has 0 saturated carbocycles. The SMILES string of the molecule is Cc1cc(C)c(-c2ccc3c(c2)C(C)(C)c2cc(C=C4C(=O)NC(=S)NC4=O)sc2N3c2ccc(C(F)(F)F)cc2)c(C)c1. The number of amides is 2. The minimum absolute atomic E-state index is 0.0532. The van der Waals surface area contributed by atoms with E-state index in [1.165, 1.54) is 35.1 Å². The van der Waals surface area contributed by atoms with Crippen molar-refractivity contribution in [2.45, 2.75) is 46.2 Å². The van der Waals surface area contributed by atoms with Gasteiger partial charge in [0.2, 0.25) is 0 Å². The van der Waals surface area contributed by atoms with Gasteiger partial charge in [-0.3, -0.25) is 20.2 Å². The van der Waals surface area contributed by atoms with E-state index < -0.39 is 29.0 Å². The molecule has 0 bridgehead atoms. The van der Waals surface area contributed by atoms with Crippen molar-refractivity contribution in [2.75, 3.05) is 4.90 Å². The van der Waals surface area contributed by atoms with Gasteiger partial charge in [0, 0.05) is 16.0 Å². The van der Waals surface area contributed by atoms with Crippen molar-refractivity contribution < 1.29 is 22.8 Å². The van der Waals surface area contributed by atoms with Crippen LogP contribution in [0.5, 0.6) is 0 Å². The third kappa shape index (κ3) is 5.01. The molecule has 44 heavy (non-hydrogen) atoms. The first kappa shape index (κ1) is 29.8. The van der Waals surface area contributed by atoms with E-state index in [-0.39, 0.29) is 10.7 Å². The number of anilines is 3. The number of fused-ring (bicyclic) bond motifs is 2. The molecule has 3 heterocycles. The van der Waals surface area contributed by atoms with Crippen molar-refractivity contribution in [3.63, 3.8) is 0 Å². The second-order valence-corrected chi connectivity index (χ2v) is 13.1. The van der Waals surface area contributed by atoms with Gasteiger partial charge in [-0.15, -0.1) is 11.3 Å². The minimum atomic E-state index is -4.46. The summed E-state index contributed by atoms with van der Waals surface area (Å²) in [5.74, 6) is -1.19. The molecule has 1 fully saturated rings. The van der Waals surface area contributed by atoms with Gasteiger partial charge in [-0.2, -0.15) is 13.2 Å². The van der Waals surface area contributed by atoms with Gasteiger partial charge < -0.3 is 4.90 Å². The van der Waals surface area contributed by atoms with Gasteiger partial charge in [0.1, 0.15) is 10.6 Å². The number of rotatable bonds is 3. The van der Waals surface area contributed by atoms with Crippen LogP contribution in [-0.2, 0) is 21.2 Å². The van der Waals surface area contributed by atoms with Crippen LogP contribution in [-0.4, -0.2) is 16.9 Å². The van der Waals surface area contributed by atoms with E-state index in [4.69, 9.17) is 12.2 Å². The van der Waals surface area contributed by atoms with Crippen LogP contribution in [0.2, 0.25) is 0 Å². The van der Waals surface area contributed by atoms with Crippen molar-refractivity contribution in [3.05, 3.63) is 104 Å². The van der Waals surface area contributed by atoms with Crippen LogP contribution in [0.3, 0.4) is 0 Å².